The second-order valence-electron chi connectivity index (χ2n) is 11.2. The number of ether oxygens (including phenoxy) is 2. The van der Waals surface area contributed by atoms with Crippen molar-refractivity contribution in [3.05, 3.63) is 129 Å². The van der Waals surface area contributed by atoms with Crippen LogP contribution in [0.5, 0.6) is 0 Å². The maximum Gasteiger partial charge on any atom is 0.339 e. The Kier molecular flexibility index (Phi) is 8.56. The molecule has 50 heavy (non-hydrogen) atoms. The number of ketones is 5. The molecule has 0 radical (unpaired) electrons. The topological polar surface area (TPSA) is 196 Å². The summed E-state index contributed by atoms with van der Waals surface area (Å²) in [5.74, 6) is -11.0. The van der Waals surface area contributed by atoms with Gasteiger partial charge in [0.05, 0.1) is 36.7 Å². The third-order valence-electron chi connectivity index (χ3n) is 8.38. The largest absolute Gasteiger partial charge is 0.465 e. The number of hydrogen-bond acceptors (Lipinski definition) is 11. The number of hydrogen-bond donors (Lipinski definition) is 2. The van der Waals surface area contributed by atoms with Gasteiger partial charge in [-0.2, -0.15) is 0 Å². The van der Waals surface area contributed by atoms with E-state index in [1.807, 2.05) is 0 Å². The van der Waals surface area contributed by atoms with Crippen molar-refractivity contribution in [3.8, 4) is 0 Å². The summed E-state index contributed by atoms with van der Waals surface area (Å²) in [7, 11) is 2.32. The predicted octanol–water partition coefficient (Wildman–Crippen LogP) is 3.76. The zero-order valence-electron chi connectivity index (χ0n) is 26.2. The molecule has 0 aliphatic heterocycles. The Hall–Kier alpha value is -6.89. The van der Waals surface area contributed by atoms with Gasteiger partial charge in [-0.3, -0.25) is 33.6 Å². The number of para-hydroxylation sites is 2. The van der Waals surface area contributed by atoms with E-state index in [4.69, 9.17) is 9.47 Å². The number of rotatable bonds is 8. The van der Waals surface area contributed by atoms with E-state index in [1.54, 1.807) is 12.1 Å². The van der Waals surface area contributed by atoms with Crippen molar-refractivity contribution in [1.29, 1.82) is 0 Å². The molecule has 13 heteroatoms. The molecule has 248 valence electrons. The summed E-state index contributed by atoms with van der Waals surface area (Å²) in [4.78, 5) is 117. The van der Waals surface area contributed by atoms with Gasteiger partial charge in [0.15, 0.2) is 40.8 Å². The molecule has 0 spiro atoms. The van der Waals surface area contributed by atoms with Gasteiger partial charge >= 0.3 is 11.9 Å². The number of fused-ring (bicyclic) bond motifs is 2. The van der Waals surface area contributed by atoms with Gasteiger partial charge in [0.2, 0.25) is 11.8 Å². The molecule has 2 aliphatic rings. The highest BCUT2D eigenvalue weighted by Gasteiger charge is 2.45. The molecular weight excluding hydrogens is 648 g/mol. The third kappa shape index (κ3) is 5.56. The average Bonchev–Trinajstić information content (AvgIpc) is 3.53. The molecular formula is C37H24N2O11. The van der Waals surface area contributed by atoms with Crippen LogP contribution in [0.1, 0.15) is 78.1 Å². The van der Waals surface area contributed by atoms with Crippen molar-refractivity contribution < 1.29 is 52.6 Å². The summed E-state index contributed by atoms with van der Waals surface area (Å²) < 4.78 is 9.43. The normalized spacial score (nSPS) is 16.0. The molecule has 0 aromatic heterocycles. The second kappa shape index (κ2) is 13.0. The van der Waals surface area contributed by atoms with Crippen molar-refractivity contribution in [3.63, 3.8) is 0 Å². The summed E-state index contributed by atoms with van der Waals surface area (Å²) in [6.45, 7) is 0. The van der Waals surface area contributed by atoms with Gasteiger partial charge in [-0.1, -0.05) is 36.4 Å². The van der Waals surface area contributed by atoms with Gasteiger partial charge < -0.3 is 20.1 Å². The highest BCUT2D eigenvalue weighted by Crippen LogP contribution is 2.33. The molecule has 0 bridgehead atoms. The monoisotopic (exact) mass is 672 g/mol. The molecule has 2 aliphatic carbocycles. The van der Waals surface area contributed by atoms with E-state index in [0.717, 1.165) is 14.2 Å². The fraction of sp³-hybridized carbons (Fsp3) is 0.108. The first-order chi connectivity index (χ1) is 24.0. The second-order valence-corrected chi connectivity index (χ2v) is 11.2. The van der Waals surface area contributed by atoms with Crippen LogP contribution in [0.4, 0.5) is 11.4 Å². The number of nitrogens with one attached hydrogen (secondary N) is 2. The molecule has 0 fully saturated rings. The van der Waals surface area contributed by atoms with Crippen LogP contribution in [0.2, 0.25) is 0 Å². The first kappa shape index (κ1) is 33.0. The van der Waals surface area contributed by atoms with Crippen molar-refractivity contribution in [1.82, 2.24) is 0 Å². The summed E-state index contributed by atoms with van der Waals surface area (Å²) >= 11 is 0. The number of amides is 2. The van der Waals surface area contributed by atoms with E-state index in [9.17, 15) is 43.2 Å². The standard InChI is InChI=1S/C37H24N2O11/c1-49-36(47)21-7-3-5-9-25(21)38-34(45)27-30(41)19-13-11-17(15-23(19)32(27)43)29(40)18-12-14-20-24(16-18)33(44)28(31(20)42)35(46)39-26-10-6-4-8-22(26)37(48)50-2/h3-16,27-28H,1-2H3,(H,38,45)(H,39,46). The Balaban J connectivity index is 1.21. The summed E-state index contributed by atoms with van der Waals surface area (Å²) in [5.41, 5.74) is -0.499. The Labute approximate surface area is 282 Å². The van der Waals surface area contributed by atoms with Gasteiger partial charge in [0, 0.05) is 33.4 Å². The number of esters is 2. The lowest BCUT2D eigenvalue weighted by atomic mass is 9.96. The molecule has 2 N–H and O–H groups in total. The van der Waals surface area contributed by atoms with E-state index in [2.05, 4.69) is 10.6 Å². The van der Waals surface area contributed by atoms with Crippen LogP contribution in [0.25, 0.3) is 0 Å². The predicted molar refractivity (Wildman–Crippen MR) is 173 cm³/mol. The third-order valence-corrected chi connectivity index (χ3v) is 8.38. The zero-order chi connectivity index (χ0) is 35.9. The van der Waals surface area contributed by atoms with E-state index in [0.29, 0.717) is 0 Å². The van der Waals surface area contributed by atoms with Crippen LogP contribution in [0.15, 0.2) is 84.9 Å². The number of carbonyl (C=O) groups is 9. The number of benzene rings is 4. The summed E-state index contributed by atoms with van der Waals surface area (Å²) in [5, 5.41) is 4.87. The van der Waals surface area contributed by atoms with Crippen molar-refractivity contribution >= 4 is 64.0 Å². The minimum absolute atomic E-state index is 0.0111. The first-order valence-electron chi connectivity index (χ1n) is 14.9. The highest BCUT2D eigenvalue weighted by atomic mass is 16.5. The minimum Gasteiger partial charge on any atom is -0.465 e. The SMILES string of the molecule is COC(=O)c1ccccc1NC(=O)C1C(=O)c2ccc(C(=O)c3ccc4c(c3)C(=O)C(C(=O)Nc3ccccc3C(=O)OC)C4=O)cc2C1=O. The fourth-order valence-corrected chi connectivity index (χ4v) is 5.88. The van der Waals surface area contributed by atoms with Crippen LogP contribution in [-0.4, -0.2) is 66.9 Å². The van der Waals surface area contributed by atoms with Crippen LogP contribution >= 0.6 is 0 Å². The van der Waals surface area contributed by atoms with Crippen molar-refractivity contribution in [2.75, 3.05) is 24.9 Å². The van der Waals surface area contributed by atoms with Gasteiger partial charge in [-0.05, 0) is 48.5 Å². The summed E-state index contributed by atoms with van der Waals surface area (Å²) in [6, 6.07) is 19.2. The molecule has 6 rings (SSSR count). The number of anilines is 2. The Morgan fingerprint density at radius 2 is 0.860 bits per heavy atom. The smallest absolute Gasteiger partial charge is 0.339 e. The fourth-order valence-electron chi connectivity index (χ4n) is 5.88. The van der Waals surface area contributed by atoms with E-state index < -0.39 is 64.5 Å². The molecule has 4 aromatic carbocycles. The lowest BCUT2D eigenvalue weighted by Gasteiger charge is -2.11. The Bertz CT molecular complexity index is 2080. The summed E-state index contributed by atoms with van der Waals surface area (Å²) in [6.07, 6.45) is 0. The lowest BCUT2D eigenvalue weighted by Crippen LogP contribution is -2.31. The maximum absolute atomic E-state index is 13.6. The highest BCUT2D eigenvalue weighted by molar-refractivity contribution is 6.38. The van der Waals surface area contributed by atoms with Gasteiger partial charge in [-0.15, -0.1) is 0 Å². The minimum atomic E-state index is -1.77. The van der Waals surface area contributed by atoms with Crippen LogP contribution in [0, 0.1) is 11.8 Å². The first-order valence-corrected chi connectivity index (χ1v) is 14.9. The Morgan fingerprint density at radius 1 is 0.500 bits per heavy atom. The van der Waals surface area contributed by atoms with Crippen LogP contribution < -0.4 is 10.6 Å². The molecule has 2 atom stereocenters. The van der Waals surface area contributed by atoms with Gasteiger partial charge in [0.25, 0.3) is 0 Å². The van der Waals surface area contributed by atoms with Crippen LogP contribution in [0.3, 0.4) is 0 Å². The van der Waals surface area contributed by atoms with Gasteiger partial charge in [-0.25, -0.2) is 9.59 Å². The molecule has 2 amide bonds. The average molecular weight is 673 g/mol. The Morgan fingerprint density at radius 3 is 1.24 bits per heavy atom. The van der Waals surface area contributed by atoms with Gasteiger partial charge in [0.1, 0.15) is 0 Å². The maximum atomic E-state index is 13.6. The van der Waals surface area contributed by atoms with E-state index in [-0.39, 0.29) is 55.9 Å². The number of Topliss-reactive ketones (excluding diaryl/α,β-unsaturated/α-hetero) is 4. The molecule has 2 unspecified atom stereocenters. The number of methoxy groups -OCH3 is 2. The van der Waals surface area contributed by atoms with E-state index >= 15 is 0 Å². The number of carbonyl (C=O) groups excluding carboxylic acids is 9. The zero-order valence-corrected chi connectivity index (χ0v) is 26.2. The van der Waals surface area contributed by atoms with Crippen molar-refractivity contribution in [2.45, 2.75) is 0 Å². The van der Waals surface area contributed by atoms with E-state index in [1.165, 1.54) is 72.8 Å². The lowest BCUT2D eigenvalue weighted by molar-refractivity contribution is -0.118. The molecule has 0 heterocycles. The molecule has 4 aromatic rings. The van der Waals surface area contributed by atoms with Crippen LogP contribution in [-0.2, 0) is 19.1 Å². The van der Waals surface area contributed by atoms with Crippen molar-refractivity contribution in [2.24, 2.45) is 11.8 Å². The molecule has 0 saturated heterocycles. The molecule has 13 nitrogen and oxygen atoms in total. The quantitative estimate of drug-likeness (QED) is 0.157. The molecule has 0 saturated carbocycles.